The highest BCUT2D eigenvalue weighted by Crippen LogP contribution is 2.27. The molecule has 0 amide bonds. The van der Waals surface area contributed by atoms with Gasteiger partial charge in [0, 0.05) is 0 Å². The van der Waals surface area contributed by atoms with Crippen molar-refractivity contribution in [2.75, 3.05) is 0 Å². The van der Waals surface area contributed by atoms with Crippen LogP contribution in [0.1, 0.15) is 113 Å². The minimum absolute atomic E-state index is 0.512. The molecule has 21 heavy (non-hydrogen) atoms. The summed E-state index contributed by atoms with van der Waals surface area (Å²) >= 11 is 0. The maximum Gasteiger partial charge on any atom is -0.0383 e. The number of rotatable bonds is 12. The Bertz CT molecular complexity index is 221. The van der Waals surface area contributed by atoms with E-state index in [4.69, 9.17) is 0 Å². The zero-order valence-electron chi connectivity index (χ0n) is 16.3. The van der Waals surface area contributed by atoms with Crippen LogP contribution in [0.3, 0.4) is 0 Å². The van der Waals surface area contributed by atoms with Crippen molar-refractivity contribution in [2.45, 2.75) is 113 Å². The van der Waals surface area contributed by atoms with Crippen molar-refractivity contribution in [2.24, 2.45) is 23.2 Å². The van der Waals surface area contributed by atoms with E-state index in [9.17, 15) is 0 Å². The third kappa shape index (κ3) is 13.4. The predicted molar refractivity (Wildman–Crippen MR) is 98.8 cm³/mol. The van der Waals surface area contributed by atoms with Gasteiger partial charge in [-0.25, -0.2) is 0 Å². The Kier molecular flexibility index (Phi) is 11.6. The lowest BCUT2D eigenvalue weighted by Gasteiger charge is -2.22. The average molecular weight is 297 g/mol. The molecular weight excluding hydrogens is 252 g/mol. The Morgan fingerprint density at radius 3 is 1.81 bits per heavy atom. The molecule has 0 heteroatoms. The van der Waals surface area contributed by atoms with Crippen LogP contribution in [-0.2, 0) is 0 Å². The van der Waals surface area contributed by atoms with Crippen LogP contribution in [0.15, 0.2) is 0 Å². The standard InChI is InChI=1S/C21H44/c1-8-9-14-20(18(2)3)15-12-10-11-13-19(4)16-17-21(5,6)7/h18-20H,8-17H2,1-7H3. The Morgan fingerprint density at radius 2 is 1.29 bits per heavy atom. The molecule has 2 unspecified atom stereocenters. The van der Waals surface area contributed by atoms with Crippen LogP contribution in [0, 0.1) is 23.2 Å². The summed E-state index contributed by atoms with van der Waals surface area (Å²) in [6, 6.07) is 0. The van der Waals surface area contributed by atoms with Crippen LogP contribution in [-0.4, -0.2) is 0 Å². The molecule has 128 valence electrons. The van der Waals surface area contributed by atoms with E-state index in [1.807, 2.05) is 0 Å². The zero-order valence-corrected chi connectivity index (χ0v) is 16.3. The molecule has 0 aromatic rings. The molecule has 0 aliphatic carbocycles. The lowest BCUT2D eigenvalue weighted by molar-refractivity contribution is 0.305. The molecule has 0 aliphatic heterocycles. The summed E-state index contributed by atoms with van der Waals surface area (Å²) in [5.41, 5.74) is 0.512. The first-order valence-corrected chi connectivity index (χ1v) is 9.76. The molecule has 0 fully saturated rings. The van der Waals surface area contributed by atoms with Gasteiger partial charge >= 0.3 is 0 Å². The summed E-state index contributed by atoms with van der Waals surface area (Å²) < 4.78 is 0. The zero-order chi connectivity index (χ0) is 16.3. The fourth-order valence-electron chi connectivity index (χ4n) is 3.18. The van der Waals surface area contributed by atoms with Gasteiger partial charge in [-0.05, 0) is 29.6 Å². The summed E-state index contributed by atoms with van der Waals surface area (Å²) in [4.78, 5) is 0. The van der Waals surface area contributed by atoms with Gasteiger partial charge in [-0.2, -0.15) is 0 Å². The molecule has 0 bridgehead atoms. The normalized spacial score (nSPS) is 15.4. The quantitative estimate of drug-likeness (QED) is 0.321. The van der Waals surface area contributed by atoms with Crippen LogP contribution in [0.5, 0.6) is 0 Å². The van der Waals surface area contributed by atoms with Gasteiger partial charge < -0.3 is 0 Å². The van der Waals surface area contributed by atoms with Gasteiger partial charge in [-0.15, -0.1) is 0 Å². The molecule has 0 nitrogen and oxygen atoms in total. The molecule has 0 aliphatic rings. The van der Waals surface area contributed by atoms with Gasteiger partial charge in [0.15, 0.2) is 0 Å². The predicted octanol–water partition coefficient (Wildman–Crippen LogP) is 7.86. The van der Waals surface area contributed by atoms with E-state index in [0.717, 1.165) is 17.8 Å². The largest absolute Gasteiger partial charge is 0.0654 e. The van der Waals surface area contributed by atoms with Crippen molar-refractivity contribution >= 4 is 0 Å². The van der Waals surface area contributed by atoms with Crippen LogP contribution < -0.4 is 0 Å². The molecule has 0 spiro atoms. The molecule has 0 aromatic heterocycles. The molecule has 0 radical (unpaired) electrons. The van der Waals surface area contributed by atoms with Gasteiger partial charge in [-0.1, -0.05) is 106 Å². The second-order valence-corrected chi connectivity index (χ2v) is 8.99. The fourth-order valence-corrected chi connectivity index (χ4v) is 3.18. The summed E-state index contributed by atoms with van der Waals surface area (Å²) in [7, 11) is 0. The third-order valence-corrected chi connectivity index (χ3v) is 5.03. The molecule has 0 rings (SSSR count). The highest BCUT2D eigenvalue weighted by atomic mass is 14.2. The summed E-state index contributed by atoms with van der Waals surface area (Å²) in [5, 5.41) is 0. The average Bonchev–Trinajstić information content (AvgIpc) is 2.38. The number of unbranched alkanes of at least 4 members (excludes halogenated alkanes) is 3. The van der Waals surface area contributed by atoms with Gasteiger partial charge in [0.05, 0.1) is 0 Å². The fraction of sp³-hybridized carbons (Fsp3) is 1.00. The van der Waals surface area contributed by atoms with E-state index in [1.165, 1.54) is 64.2 Å². The minimum atomic E-state index is 0.512. The van der Waals surface area contributed by atoms with Crippen molar-refractivity contribution in [3.63, 3.8) is 0 Å². The monoisotopic (exact) mass is 296 g/mol. The van der Waals surface area contributed by atoms with Crippen molar-refractivity contribution in [3.8, 4) is 0 Å². The number of hydrogen-bond donors (Lipinski definition) is 0. The van der Waals surface area contributed by atoms with E-state index in [-0.39, 0.29) is 0 Å². The van der Waals surface area contributed by atoms with Gasteiger partial charge in [0.2, 0.25) is 0 Å². The smallest absolute Gasteiger partial charge is 0.0383 e. The van der Waals surface area contributed by atoms with E-state index in [1.54, 1.807) is 0 Å². The lowest BCUT2D eigenvalue weighted by Crippen LogP contribution is -2.09. The van der Waals surface area contributed by atoms with Crippen LogP contribution >= 0.6 is 0 Å². The van der Waals surface area contributed by atoms with Crippen molar-refractivity contribution < 1.29 is 0 Å². The van der Waals surface area contributed by atoms with Gasteiger partial charge in [0.1, 0.15) is 0 Å². The Balaban J connectivity index is 3.64. The number of hydrogen-bond acceptors (Lipinski definition) is 0. The summed E-state index contributed by atoms with van der Waals surface area (Å²) in [5.74, 6) is 2.77. The third-order valence-electron chi connectivity index (χ3n) is 5.03. The molecule has 0 aromatic carbocycles. The van der Waals surface area contributed by atoms with Crippen LogP contribution in [0.25, 0.3) is 0 Å². The van der Waals surface area contributed by atoms with Crippen molar-refractivity contribution in [3.05, 3.63) is 0 Å². The molecule has 0 saturated heterocycles. The Hall–Kier alpha value is 0. The Labute approximate surface area is 136 Å². The first kappa shape index (κ1) is 21.0. The van der Waals surface area contributed by atoms with Gasteiger partial charge in [-0.3, -0.25) is 0 Å². The first-order chi connectivity index (χ1) is 9.76. The van der Waals surface area contributed by atoms with Gasteiger partial charge in [0.25, 0.3) is 0 Å². The highest BCUT2D eigenvalue weighted by Gasteiger charge is 2.14. The first-order valence-electron chi connectivity index (χ1n) is 9.76. The lowest BCUT2D eigenvalue weighted by atomic mass is 9.84. The van der Waals surface area contributed by atoms with Crippen LogP contribution in [0.4, 0.5) is 0 Å². The van der Waals surface area contributed by atoms with Crippen molar-refractivity contribution in [1.29, 1.82) is 0 Å². The summed E-state index contributed by atoms with van der Waals surface area (Å²) in [6.07, 6.45) is 14.3. The molecule has 0 heterocycles. The minimum Gasteiger partial charge on any atom is -0.0654 e. The van der Waals surface area contributed by atoms with E-state index in [0.29, 0.717) is 5.41 Å². The Morgan fingerprint density at radius 1 is 0.714 bits per heavy atom. The second-order valence-electron chi connectivity index (χ2n) is 8.99. The highest BCUT2D eigenvalue weighted by molar-refractivity contribution is 4.66. The van der Waals surface area contributed by atoms with Crippen molar-refractivity contribution in [1.82, 2.24) is 0 Å². The maximum atomic E-state index is 2.45. The molecular formula is C21H44. The topological polar surface area (TPSA) is 0 Å². The summed E-state index contributed by atoms with van der Waals surface area (Å²) in [6.45, 7) is 16.7. The van der Waals surface area contributed by atoms with E-state index >= 15 is 0 Å². The molecule has 2 atom stereocenters. The van der Waals surface area contributed by atoms with Crippen LogP contribution in [0.2, 0.25) is 0 Å². The SMILES string of the molecule is CCCCC(CCCCCC(C)CCC(C)(C)C)C(C)C. The second kappa shape index (κ2) is 11.6. The maximum absolute atomic E-state index is 2.45. The van der Waals surface area contributed by atoms with E-state index < -0.39 is 0 Å². The van der Waals surface area contributed by atoms with E-state index in [2.05, 4.69) is 48.5 Å². The molecule has 0 N–H and O–H groups in total. The molecule has 0 saturated carbocycles.